The number of carbonyl (C=O) groups excluding carboxylic acids is 1. The van der Waals surface area contributed by atoms with E-state index < -0.39 is 28.4 Å². The van der Waals surface area contributed by atoms with E-state index in [1.807, 2.05) is 13.8 Å². The molecule has 1 rings (SSSR count). The first-order chi connectivity index (χ1) is 12.2. The number of amides is 1. The molecule has 9 nitrogen and oxygen atoms in total. The Bertz CT molecular complexity index is 673. The summed E-state index contributed by atoms with van der Waals surface area (Å²) in [7, 11) is 1.36. The number of benzene rings is 1. The van der Waals surface area contributed by atoms with E-state index in [1.165, 1.54) is 13.2 Å². The monoisotopic (exact) mass is 368 g/mol. The first-order valence-corrected chi connectivity index (χ1v) is 8.21. The molecule has 0 aliphatic rings. The van der Waals surface area contributed by atoms with Crippen molar-refractivity contribution in [2.75, 3.05) is 20.3 Å². The standard InChI is InChI=1S/C17H24N2O7/c1-5-26-15-8-13(19(23)24)12(7-14(15)25-4)16(20)18-9-11(17(21)22)6-10(2)3/h7-8,10-11H,5-6,9H2,1-4H3,(H,18,20)(H,21,22). The number of nitrogens with one attached hydrogen (secondary N) is 1. The van der Waals surface area contributed by atoms with Gasteiger partial charge in [0.2, 0.25) is 0 Å². The van der Waals surface area contributed by atoms with Crippen molar-refractivity contribution in [3.8, 4) is 11.5 Å². The fraction of sp³-hybridized carbons (Fsp3) is 0.529. The van der Waals surface area contributed by atoms with Crippen molar-refractivity contribution in [3.05, 3.63) is 27.8 Å². The normalized spacial score (nSPS) is 11.7. The predicted molar refractivity (Wildman–Crippen MR) is 93.7 cm³/mol. The number of hydrogen-bond donors (Lipinski definition) is 2. The van der Waals surface area contributed by atoms with Gasteiger partial charge in [-0.2, -0.15) is 0 Å². The number of nitro benzene ring substituents is 1. The maximum Gasteiger partial charge on any atom is 0.308 e. The van der Waals surface area contributed by atoms with Gasteiger partial charge in [-0.25, -0.2) is 0 Å². The molecule has 26 heavy (non-hydrogen) atoms. The summed E-state index contributed by atoms with van der Waals surface area (Å²) < 4.78 is 10.4. The molecule has 2 N–H and O–H groups in total. The molecule has 1 aromatic carbocycles. The van der Waals surface area contributed by atoms with Crippen LogP contribution in [0.4, 0.5) is 5.69 Å². The quantitative estimate of drug-likeness (QED) is 0.479. The Balaban J connectivity index is 3.10. The molecular formula is C17H24N2O7. The van der Waals surface area contributed by atoms with Crippen molar-refractivity contribution < 1.29 is 29.1 Å². The second kappa shape index (κ2) is 9.59. The van der Waals surface area contributed by atoms with Crippen LogP contribution < -0.4 is 14.8 Å². The van der Waals surface area contributed by atoms with Gasteiger partial charge >= 0.3 is 5.97 Å². The van der Waals surface area contributed by atoms with Gasteiger partial charge in [0.15, 0.2) is 11.5 Å². The Hall–Kier alpha value is -2.84. The van der Waals surface area contributed by atoms with Crippen LogP contribution in [0.2, 0.25) is 0 Å². The van der Waals surface area contributed by atoms with Crippen LogP contribution in [0.1, 0.15) is 37.6 Å². The number of carbonyl (C=O) groups is 2. The largest absolute Gasteiger partial charge is 0.493 e. The lowest BCUT2D eigenvalue weighted by molar-refractivity contribution is -0.385. The molecule has 0 radical (unpaired) electrons. The van der Waals surface area contributed by atoms with E-state index in [0.29, 0.717) is 6.42 Å². The van der Waals surface area contributed by atoms with Crippen LogP contribution in [0.5, 0.6) is 11.5 Å². The molecule has 1 atom stereocenters. The van der Waals surface area contributed by atoms with Gasteiger partial charge in [0.05, 0.1) is 30.6 Å². The van der Waals surface area contributed by atoms with Crippen LogP contribution in [0, 0.1) is 22.0 Å². The van der Waals surface area contributed by atoms with Crippen LogP contribution in [0.3, 0.4) is 0 Å². The molecule has 1 aromatic rings. The SMILES string of the molecule is CCOc1cc([N+](=O)[O-])c(C(=O)NCC(CC(C)C)C(=O)O)cc1OC. The van der Waals surface area contributed by atoms with Gasteiger partial charge in [0.25, 0.3) is 11.6 Å². The number of nitrogens with zero attached hydrogens (tertiary/aromatic N) is 1. The van der Waals surface area contributed by atoms with E-state index >= 15 is 0 Å². The summed E-state index contributed by atoms with van der Waals surface area (Å²) in [5, 5.41) is 23.0. The van der Waals surface area contributed by atoms with Crippen molar-refractivity contribution >= 4 is 17.6 Å². The van der Waals surface area contributed by atoms with E-state index in [0.717, 1.165) is 6.07 Å². The number of rotatable bonds is 10. The summed E-state index contributed by atoms with van der Waals surface area (Å²) in [6, 6.07) is 2.34. The van der Waals surface area contributed by atoms with E-state index in [2.05, 4.69) is 5.32 Å². The third-order valence-electron chi connectivity index (χ3n) is 3.64. The van der Waals surface area contributed by atoms with Crippen molar-refractivity contribution in [2.24, 2.45) is 11.8 Å². The lowest BCUT2D eigenvalue weighted by atomic mass is 9.97. The molecular weight excluding hydrogens is 344 g/mol. The molecule has 0 aliphatic carbocycles. The number of methoxy groups -OCH3 is 1. The molecule has 0 heterocycles. The highest BCUT2D eigenvalue weighted by Crippen LogP contribution is 2.34. The minimum Gasteiger partial charge on any atom is -0.493 e. The Kier molecular flexibility index (Phi) is 7.82. The van der Waals surface area contributed by atoms with Crippen molar-refractivity contribution in [1.82, 2.24) is 5.32 Å². The minimum atomic E-state index is -1.03. The molecule has 0 saturated heterocycles. The van der Waals surface area contributed by atoms with E-state index in [4.69, 9.17) is 9.47 Å². The van der Waals surface area contributed by atoms with E-state index in [1.54, 1.807) is 6.92 Å². The van der Waals surface area contributed by atoms with Crippen LogP contribution in [0.15, 0.2) is 12.1 Å². The average molecular weight is 368 g/mol. The molecule has 1 unspecified atom stereocenters. The number of carboxylic acids is 1. The van der Waals surface area contributed by atoms with Gasteiger partial charge in [-0.15, -0.1) is 0 Å². The first kappa shape index (κ1) is 21.2. The van der Waals surface area contributed by atoms with Crippen LogP contribution in [0.25, 0.3) is 0 Å². The van der Waals surface area contributed by atoms with Gasteiger partial charge in [-0.3, -0.25) is 19.7 Å². The van der Waals surface area contributed by atoms with Crippen molar-refractivity contribution in [1.29, 1.82) is 0 Å². The van der Waals surface area contributed by atoms with Gasteiger partial charge in [-0.1, -0.05) is 13.8 Å². The first-order valence-electron chi connectivity index (χ1n) is 8.21. The summed E-state index contributed by atoms with van der Waals surface area (Å²) >= 11 is 0. The third kappa shape index (κ3) is 5.61. The van der Waals surface area contributed by atoms with Crippen LogP contribution in [-0.2, 0) is 4.79 Å². The van der Waals surface area contributed by atoms with Crippen molar-refractivity contribution in [2.45, 2.75) is 27.2 Å². The zero-order valence-electron chi connectivity index (χ0n) is 15.3. The number of nitro groups is 1. The fourth-order valence-corrected chi connectivity index (χ4v) is 2.46. The van der Waals surface area contributed by atoms with Crippen LogP contribution >= 0.6 is 0 Å². The van der Waals surface area contributed by atoms with Gasteiger partial charge in [0.1, 0.15) is 5.56 Å². The summed E-state index contributed by atoms with van der Waals surface area (Å²) in [5.41, 5.74) is -0.661. The number of carboxylic acid groups (broad SMARTS) is 1. The Morgan fingerprint density at radius 1 is 1.31 bits per heavy atom. The summed E-state index contributed by atoms with van der Waals surface area (Å²) in [6.45, 7) is 5.61. The number of ether oxygens (including phenoxy) is 2. The molecule has 0 bridgehead atoms. The van der Waals surface area contributed by atoms with E-state index in [-0.39, 0.29) is 36.1 Å². The topological polar surface area (TPSA) is 128 Å². The summed E-state index contributed by atoms with van der Waals surface area (Å²) in [4.78, 5) is 34.3. The molecule has 0 spiro atoms. The lowest BCUT2D eigenvalue weighted by Crippen LogP contribution is -2.34. The number of hydrogen-bond acceptors (Lipinski definition) is 6. The highest BCUT2D eigenvalue weighted by Gasteiger charge is 2.26. The molecule has 9 heteroatoms. The summed E-state index contributed by atoms with van der Waals surface area (Å²) in [6.07, 6.45) is 0.379. The summed E-state index contributed by atoms with van der Waals surface area (Å²) in [5.74, 6) is -2.08. The van der Waals surface area contributed by atoms with Crippen LogP contribution in [-0.4, -0.2) is 42.2 Å². The smallest absolute Gasteiger partial charge is 0.308 e. The Morgan fingerprint density at radius 2 is 1.96 bits per heavy atom. The molecule has 0 aromatic heterocycles. The van der Waals surface area contributed by atoms with Gasteiger partial charge in [0, 0.05) is 12.6 Å². The second-order valence-corrected chi connectivity index (χ2v) is 6.09. The maximum atomic E-state index is 12.4. The van der Waals surface area contributed by atoms with Crippen molar-refractivity contribution in [3.63, 3.8) is 0 Å². The number of aliphatic carboxylic acids is 1. The lowest BCUT2D eigenvalue weighted by Gasteiger charge is -2.16. The average Bonchev–Trinajstić information content (AvgIpc) is 2.57. The van der Waals surface area contributed by atoms with E-state index in [9.17, 15) is 24.8 Å². The molecule has 144 valence electrons. The Labute approximate surface area is 151 Å². The van der Waals surface area contributed by atoms with Gasteiger partial charge in [-0.05, 0) is 19.3 Å². The highest BCUT2D eigenvalue weighted by atomic mass is 16.6. The fourth-order valence-electron chi connectivity index (χ4n) is 2.46. The van der Waals surface area contributed by atoms with Gasteiger partial charge < -0.3 is 19.9 Å². The molecule has 0 saturated carbocycles. The minimum absolute atomic E-state index is 0.126. The zero-order chi connectivity index (χ0) is 19.9. The second-order valence-electron chi connectivity index (χ2n) is 6.09. The maximum absolute atomic E-state index is 12.4. The Morgan fingerprint density at radius 3 is 2.42 bits per heavy atom. The molecule has 1 amide bonds. The molecule has 0 aliphatic heterocycles. The highest BCUT2D eigenvalue weighted by molar-refractivity contribution is 5.99. The predicted octanol–water partition coefficient (Wildman–Crippen LogP) is 2.48. The molecule has 0 fully saturated rings. The zero-order valence-corrected chi connectivity index (χ0v) is 15.3. The third-order valence-corrected chi connectivity index (χ3v) is 3.64.